The molecule has 3 heteroatoms. The van der Waals surface area contributed by atoms with Gasteiger partial charge in [0, 0.05) is 5.41 Å². The van der Waals surface area contributed by atoms with Crippen LogP contribution in [-0.2, 0) is 14.3 Å². The summed E-state index contributed by atoms with van der Waals surface area (Å²) in [4.78, 5) is 11.3. The maximum absolute atomic E-state index is 11.3. The van der Waals surface area contributed by atoms with Gasteiger partial charge in [0.2, 0.25) is 6.29 Å². The lowest BCUT2D eigenvalue weighted by molar-refractivity contribution is -0.154. The number of hydrogen-bond donors (Lipinski definition) is 0. The summed E-state index contributed by atoms with van der Waals surface area (Å²) in [6, 6.07) is 0. The summed E-state index contributed by atoms with van der Waals surface area (Å²) in [6.45, 7) is 9.89. The highest BCUT2D eigenvalue weighted by Crippen LogP contribution is 2.31. The molecule has 0 unspecified atom stereocenters. The lowest BCUT2D eigenvalue weighted by Gasteiger charge is -2.24. The van der Waals surface area contributed by atoms with Gasteiger partial charge in [-0.15, -0.1) is 0 Å². The standard InChI is InChI=1S/C10H18O3/c1-6(2)7-8(11)13-9(12-7)10(3,4)5/h6-7,9H,1-5H3/t7-,9-/m0/s1. The SMILES string of the molecule is CC(C)[C@@H]1O[C@H](C(C)(C)C)OC1=O. The van der Waals surface area contributed by atoms with Gasteiger partial charge in [0.05, 0.1) is 0 Å². The summed E-state index contributed by atoms with van der Waals surface area (Å²) in [6.07, 6.45) is -0.781. The van der Waals surface area contributed by atoms with Crippen molar-refractivity contribution in [2.24, 2.45) is 11.3 Å². The van der Waals surface area contributed by atoms with Crippen LogP contribution in [0.25, 0.3) is 0 Å². The number of cyclic esters (lactones) is 1. The van der Waals surface area contributed by atoms with Crippen LogP contribution in [0.15, 0.2) is 0 Å². The molecule has 1 saturated heterocycles. The van der Waals surface area contributed by atoms with Crippen LogP contribution in [0.3, 0.4) is 0 Å². The van der Waals surface area contributed by atoms with Crippen LogP contribution >= 0.6 is 0 Å². The van der Waals surface area contributed by atoms with E-state index in [4.69, 9.17) is 9.47 Å². The first-order valence-corrected chi connectivity index (χ1v) is 4.68. The van der Waals surface area contributed by atoms with Gasteiger partial charge in [0.25, 0.3) is 0 Å². The van der Waals surface area contributed by atoms with E-state index >= 15 is 0 Å². The van der Waals surface area contributed by atoms with Crippen molar-refractivity contribution in [1.82, 2.24) is 0 Å². The monoisotopic (exact) mass is 186 g/mol. The first-order chi connectivity index (χ1) is 5.82. The molecular formula is C10H18O3. The van der Waals surface area contributed by atoms with E-state index in [1.54, 1.807) is 0 Å². The van der Waals surface area contributed by atoms with Crippen LogP contribution < -0.4 is 0 Å². The summed E-state index contributed by atoms with van der Waals surface area (Å²) >= 11 is 0. The normalized spacial score (nSPS) is 29.5. The Morgan fingerprint density at radius 2 is 1.85 bits per heavy atom. The second-order valence-electron chi connectivity index (χ2n) is 4.94. The molecule has 1 heterocycles. The highest BCUT2D eigenvalue weighted by molar-refractivity contribution is 5.76. The Kier molecular flexibility index (Phi) is 2.66. The van der Waals surface area contributed by atoms with E-state index in [0.29, 0.717) is 0 Å². The van der Waals surface area contributed by atoms with Crippen molar-refractivity contribution >= 4 is 5.97 Å². The third-order valence-corrected chi connectivity index (χ3v) is 2.04. The third kappa shape index (κ3) is 2.21. The smallest absolute Gasteiger partial charge is 0.338 e. The minimum atomic E-state index is -0.396. The summed E-state index contributed by atoms with van der Waals surface area (Å²) in [5, 5.41) is 0. The van der Waals surface area contributed by atoms with E-state index in [2.05, 4.69) is 0 Å². The molecule has 1 aliphatic heterocycles. The average Bonchev–Trinajstić information content (AvgIpc) is 2.29. The Labute approximate surface area is 79.4 Å². The Morgan fingerprint density at radius 1 is 1.31 bits per heavy atom. The molecule has 0 aliphatic carbocycles. The van der Waals surface area contributed by atoms with Crippen molar-refractivity contribution in [3.63, 3.8) is 0 Å². The molecule has 1 fully saturated rings. The highest BCUT2D eigenvalue weighted by atomic mass is 16.8. The van der Waals surface area contributed by atoms with Gasteiger partial charge in [-0.3, -0.25) is 0 Å². The molecule has 3 nitrogen and oxygen atoms in total. The third-order valence-electron chi connectivity index (χ3n) is 2.04. The Morgan fingerprint density at radius 3 is 2.08 bits per heavy atom. The molecule has 2 atom stereocenters. The van der Waals surface area contributed by atoms with Gasteiger partial charge >= 0.3 is 5.97 Å². The lowest BCUT2D eigenvalue weighted by Crippen LogP contribution is -2.28. The number of esters is 1. The molecular weight excluding hydrogens is 168 g/mol. The summed E-state index contributed by atoms with van der Waals surface area (Å²) < 4.78 is 10.7. The van der Waals surface area contributed by atoms with E-state index in [0.717, 1.165) is 0 Å². The molecule has 0 radical (unpaired) electrons. The molecule has 1 rings (SSSR count). The zero-order valence-electron chi connectivity index (χ0n) is 8.96. The van der Waals surface area contributed by atoms with Crippen LogP contribution in [0, 0.1) is 11.3 Å². The number of rotatable bonds is 1. The fourth-order valence-electron chi connectivity index (χ4n) is 1.20. The van der Waals surface area contributed by atoms with E-state index < -0.39 is 6.29 Å². The van der Waals surface area contributed by atoms with Gasteiger partial charge in [-0.25, -0.2) is 4.79 Å². The predicted molar refractivity (Wildman–Crippen MR) is 49.0 cm³/mol. The van der Waals surface area contributed by atoms with Crippen LogP contribution in [-0.4, -0.2) is 18.4 Å². The van der Waals surface area contributed by atoms with E-state index in [1.807, 2.05) is 34.6 Å². The van der Waals surface area contributed by atoms with Gasteiger partial charge in [-0.2, -0.15) is 0 Å². The van der Waals surface area contributed by atoms with E-state index in [9.17, 15) is 4.79 Å². The lowest BCUT2D eigenvalue weighted by atomic mass is 9.96. The fraction of sp³-hybridized carbons (Fsp3) is 0.900. The number of ether oxygens (including phenoxy) is 2. The zero-order valence-corrected chi connectivity index (χ0v) is 8.96. The van der Waals surface area contributed by atoms with Crippen LogP contribution in [0.5, 0.6) is 0 Å². The predicted octanol–water partition coefficient (Wildman–Crippen LogP) is 1.96. The minimum absolute atomic E-state index is 0.140. The topological polar surface area (TPSA) is 35.5 Å². The van der Waals surface area contributed by atoms with Crippen molar-refractivity contribution < 1.29 is 14.3 Å². The van der Waals surface area contributed by atoms with Crippen LogP contribution in [0.4, 0.5) is 0 Å². The van der Waals surface area contributed by atoms with Gasteiger partial charge in [0.1, 0.15) is 0 Å². The molecule has 0 aromatic carbocycles. The Balaban J connectivity index is 2.66. The highest BCUT2D eigenvalue weighted by Gasteiger charge is 2.42. The van der Waals surface area contributed by atoms with Gasteiger partial charge < -0.3 is 9.47 Å². The molecule has 0 N–H and O–H groups in total. The molecule has 0 aromatic rings. The summed E-state index contributed by atoms with van der Waals surface area (Å²) in [5.41, 5.74) is -0.140. The zero-order chi connectivity index (χ0) is 10.2. The molecule has 1 aliphatic rings. The average molecular weight is 186 g/mol. The fourth-order valence-corrected chi connectivity index (χ4v) is 1.20. The van der Waals surface area contributed by atoms with Crippen molar-refractivity contribution in [2.45, 2.75) is 47.0 Å². The Hall–Kier alpha value is -0.570. The van der Waals surface area contributed by atoms with Crippen LogP contribution in [0.1, 0.15) is 34.6 Å². The number of carbonyl (C=O) groups excluding carboxylic acids is 1. The van der Waals surface area contributed by atoms with Crippen molar-refractivity contribution in [1.29, 1.82) is 0 Å². The molecule has 0 saturated carbocycles. The molecule has 0 amide bonds. The second kappa shape index (κ2) is 3.29. The second-order valence-corrected chi connectivity index (χ2v) is 4.94. The van der Waals surface area contributed by atoms with E-state index in [1.165, 1.54) is 0 Å². The Bertz CT molecular complexity index is 203. The molecule has 13 heavy (non-hydrogen) atoms. The maximum Gasteiger partial charge on any atom is 0.338 e. The minimum Gasteiger partial charge on any atom is -0.433 e. The number of carbonyl (C=O) groups is 1. The van der Waals surface area contributed by atoms with E-state index in [-0.39, 0.29) is 23.4 Å². The molecule has 76 valence electrons. The first-order valence-electron chi connectivity index (χ1n) is 4.68. The number of hydrogen-bond acceptors (Lipinski definition) is 3. The van der Waals surface area contributed by atoms with Gasteiger partial charge in [0.15, 0.2) is 6.10 Å². The molecule has 0 spiro atoms. The quantitative estimate of drug-likeness (QED) is 0.587. The largest absolute Gasteiger partial charge is 0.433 e. The molecule has 0 bridgehead atoms. The summed E-state index contributed by atoms with van der Waals surface area (Å²) in [7, 11) is 0. The van der Waals surface area contributed by atoms with Crippen molar-refractivity contribution in [3.05, 3.63) is 0 Å². The van der Waals surface area contributed by atoms with Crippen molar-refractivity contribution in [3.8, 4) is 0 Å². The van der Waals surface area contributed by atoms with Crippen LogP contribution in [0.2, 0.25) is 0 Å². The maximum atomic E-state index is 11.3. The van der Waals surface area contributed by atoms with Gasteiger partial charge in [-0.1, -0.05) is 34.6 Å². The first kappa shape index (κ1) is 10.5. The van der Waals surface area contributed by atoms with Crippen molar-refractivity contribution in [2.75, 3.05) is 0 Å². The summed E-state index contributed by atoms with van der Waals surface area (Å²) in [5.74, 6) is -0.0465. The van der Waals surface area contributed by atoms with Gasteiger partial charge in [-0.05, 0) is 5.92 Å². The molecule has 0 aromatic heterocycles.